The minimum absolute atomic E-state index is 0.322. The summed E-state index contributed by atoms with van der Waals surface area (Å²) in [5.74, 6) is -0.581. The van der Waals surface area contributed by atoms with E-state index in [1.165, 1.54) is 0 Å². The number of hydrogen-bond acceptors (Lipinski definition) is 2. The number of rotatable bonds is 3. The van der Waals surface area contributed by atoms with Crippen molar-refractivity contribution in [3.63, 3.8) is 0 Å². The first-order valence-corrected chi connectivity index (χ1v) is 11.6. The number of halogens is 2. The molecule has 0 aliphatic heterocycles. The lowest BCUT2D eigenvalue weighted by atomic mass is 9.80. The molecule has 1 aliphatic rings. The molecule has 1 aliphatic carbocycles. The van der Waals surface area contributed by atoms with Crippen LogP contribution in [0.15, 0.2) is 66.7 Å². The molecule has 3 nitrogen and oxygen atoms in total. The average Bonchev–Trinajstić information content (AvgIpc) is 2.79. The fourth-order valence-electron chi connectivity index (χ4n) is 4.66. The fraction of sp³-hybridized carbons (Fsp3) is 0.143. The van der Waals surface area contributed by atoms with Crippen molar-refractivity contribution in [3.8, 4) is 11.1 Å². The molecule has 0 fully saturated rings. The molecule has 1 N–H and O–H groups in total. The third kappa shape index (κ3) is 4.15. The van der Waals surface area contributed by atoms with E-state index in [0.29, 0.717) is 38.9 Å². The molecule has 0 spiro atoms. The van der Waals surface area contributed by atoms with Gasteiger partial charge in [-0.1, -0.05) is 72.6 Å². The summed E-state index contributed by atoms with van der Waals surface area (Å²) in [6, 6.07) is 21.3. The van der Waals surface area contributed by atoms with Crippen molar-refractivity contribution in [1.82, 2.24) is 4.98 Å². The van der Waals surface area contributed by atoms with Gasteiger partial charge in [-0.15, -0.1) is 0 Å². The highest BCUT2D eigenvalue weighted by Crippen LogP contribution is 2.39. The Balaban J connectivity index is 1.65. The molecule has 0 bridgehead atoms. The van der Waals surface area contributed by atoms with Gasteiger partial charge in [-0.3, -0.25) is 0 Å². The predicted molar refractivity (Wildman–Crippen MR) is 136 cm³/mol. The first-order chi connectivity index (χ1) is 15.9. The van der Waals surface area contributed by atoms with Crippen LogP contribution in [0.4, 0.5) is 0 Å². The molecule has 1 aromatic heterocycles. The van der Waals surface area contributed by atoms with Gasteiger partial charge < -0.3 is 5.11 Å². The summed E-state index contributed by atoms with van der Waals surface area (Å²) in [6.45, 7) is 2.16. The zero-order chi connectivity index (χ0) is 23.1. The number of carboxylic acids is 1. The van der Waals surface area contributed by atoms with E-state index in [0.717, 1.165) is 39.9 Å². The van der Waals surface area contributed by atoms with E-state index in [1.54, 1.807) is 6.07 Å². The third-order valence-electron chi connectivity index (χ3n) is 6.11. The number of allylic oxidation sites excluding steroid dienone is 1. The van der Waals surface area contributed by atoms with Crippen LogP contribution < -0.4 is 0 Å². The lowest BCUT2D eigenvalue weighted by molar-refractivity contribution is 0.0697. The summed E-state index contributed by atoms with van der Waals surface area (Å²) >= 11 is 12.3. The van der Waals surface area contributed by atoms with Crippen LogP contribution >= 0.6 is 23.2 Å². The van der Waals surface area contributed by atoms with Crippen molar-refractivity contribution in [2.75, 3.05) is 0 Å². The van der Waals surface area contributed by atoms with Gasteiger partial charge in [-0.2, -0.15) is 0 Å². The van der Waals surface area contributed by atoms with Gasteiger partial charge in [0.05, 0.1) is 26.8 Å². The Morgan fingerprint density at radius 1 is 0.970 bits per heavy atom. The van der Waals surface area contributed by atoms with Gasteiger partial charge in [0.15, 0.2) is 0 Å². The summed E-state index contributed by atoms with van der Waals surface area (Å²) in [7, 11) is 0. The number of nitrogens with zero attached hydrogens (tertiary/aromatic N) is 1. The number of aromatic nitrogens is 1. The lowest BCUT2D eigenvalue weighted by Gasteiger charge is -2.26. The number of carboxylic acid groups (broad SMARTS) is 1. The number of aromatic carboxylic acids is 1. The molecule has 5 rings (SSSR count). The molecule has 1 heterocycles. The number of hydrogen-bond donors (Lipinski definition) is 1. The largest absolute Gasteiger partial charge is 0.478 e. The molecule has 1 atom stereocenters. The van der Waals surface area contributed by atoms with Crippen LogP contribution in [0.5, 0.6) is 0 Å². The minimum Gasteiger partial charge on any atom is -0.478 e. The normalized spacial score (nSPS) is 16.7. The highest BCUT2D eigenvalue weighted by molar-refractivity contribution is 6.42. The Hall–Kier alpha value is -3.14. The van der Waals surface area contributed by atoms with E-state index in [9.17, 15) is 9.90 Å². The van der Waals surface area contributed by atoms with E-state index in [2.05, 4.69) is 19.1 Å². The molecule has 1 unspecified atom stereocenters. The Kier molecular flexibility index (Phi) is 5.69. The van der Waals surface area contributed by atoms with Crippen LogP contribution in [0.3, 0.4) is 0 Å². The van der Waals surface area contributed by atoms with Crippen molar-refractivity contribution >= 4 is 51.7 Å². The first kappa shape index (κ1) is 21.7. The van der Waals surface area contributed by atoms with Crippen LogP contribution in [-0.2, 0) is 6.42 Å². The molecule has 0 saturated heterocycles. The van der Waals surface area contributed by atoms with Gasteiger partial charge in [-0.05, 0) is 76.9 Å². The standard InChI is InChI=1S/C28H21Cl2NO2/c1-16-11-20(14-17-5-4-6-18(13-17)19-9-10-23(29)24(30)15-19)27-22(12-16)26(28(32)33)21-7-2-3-8-25(21)31-27/h2-10,13-16H,11-12H2,1H3,(H,32,33)/b20-14+. The van der Waals surface area contributed by atoms with Crippen LogP contribution in [0.2, 0.25) is 10.0 Å². The smallest absolute Gasteiger partial charge is 0.336 e. The second kappa shape index (κ2) is 8.66. The molecule has 4 aromatic rings. The Labute approximate surface area is 202 Å². The summed E-state index contributed by atoms with van der Waals surface area (Å²) in [5, 5.41) is 11.8. The van der Waals surface area contributed by atoms with Gasteiger partial charge in [0.1, 0.15) is 0 Å². The minimum atomic E-state index is -0.903. The molecular weight excluding hydrogens is 453 g/mol. The van der Waals surface area contributed by atoms with Gasteiger partial charge >= 0.3 is 5.97 Å². The Morgan fingerprint density at radius 2 is 1.76 bits per heavy atom. The Morgan fingerprint density at radius 3 is 2.55 bits per heavy atom. The van der Waals surface area contributed by atoms with Gasteiger partial charge in [0.2, 0.25) is 0 Å². The first-order valence-electron chi connectivity index (χ1n) is 10.8. The molecule has 0 radical (unpaired) electrons. The second-order valence-corrected chi connectivity index (χ2v) is 9.39. The molecule has 0 amide bonds. The SMILES string of the molecule is CC1C/C(=C\c2cccc(-c3ccc(Cl)c(Cl)c3)c2)c2nc3ccccc3c(C(=O)O)c2C1. The van der Waals surface area contributed by atoms with Crippen molar-refractivity contribution in [3.05, 3.63) is 99.2 Å². The molecule has 33 heavy (non-hydrogen) atoms. The van der Waals surface area contributed by atoms with Crippen molar-refractivity contribution in [1.29, 1.82) is 0 Å². The number of fused-ring (bicyclic) bond motifs is 2. The number of benzene rings is 3. The average molecular weight is 474 g/mol. The van der Waals surface area contributed by atoms with Gasteiger partial charge in [0.25, 0.3) is 0 Å². The van der Waals surface area contributed by atoms with Crippen molar-refractivity contribution < 1.29 is 9.90 Å². The highest BCUT2D eigenvalue weighted by Gasteiger charge is 2.27. The topological polar surface area (TPSA) is 50.2 Å². The maximum absolute atomic E-state index is 12.2. The zero-order valence-electron chi connectivity index (χ0n) is 18.0. The van der Waals surface area contributed by atoms with Crippen LogP contribution in [-0.4, -0.2) is 16.1 Å². The molecule has 5 heteroatoms. The lowest BCUT2D eigenvalue weighted by Crippen LogP contribution is -2.17. The van der Waals surface area contributed by atoms with E-state index < -0.39 is 5.97 Å². The summed E-state index contributed by atoms with van der Waals surface area (Å²) in [5.41, 5.74) is 6.81. The molecular formula is C28H21Cl2NO2. The van der Waals surface area contributed by atoms with E-state index in [-0.39, 0.29) is 0 Å². The third-order valence-corrected chi connectivity index (χ3v) is 6.85. The summed E-state index contributed by atoms with van der Waals surface area (Å²) < 4.78 is 0. The quantitative estimate of drug-likeness (QED) is 0.327. The number of pyridine rings is 1. The fourth-order valence-corrected chi connectivity index (χ4v) is 4.96. The zero-order valence-corrected chi connectivity index (χ0v) is 19.5. The van der Waals surface area contributed by atoms with Crippen LogP contribution in [0, 0.1) is 5.92 Å². The monoisotopic (exact) mass is 473 g/mol. The predicted octanol–water partition coefficient (Wildman–Crippen LogP) is 8.03. The van der Waals surface area contributed by atoms with Crippen LogP contribution in [0.1, 0.15) is 40.5 Å². The van der Waals surface area contributed by atoms with Crippen molar-refractivity contribution in [2.45, 2.75) is 19.8 Å². The summed E-state index contributed by atoms with van der Waals surface area (Å²) in [4.78, 5) is 17.2. The maximum Gasteiger partial charge on any atom is 0.336 e. The maximum atomic E-state index is 12.2. The number of carbonyl (C=O) groups is 1. The van der Waals surface area contributed by atoms with E-state index in [1.807, 2.05) is 54.6 Å². The number of para-hydroxylation sites is 1. The summed E-state index contributed by atoms with van der Waals surface area (Å²) in [6.07, 6.45) is 3.67. The second-order valence-electron chi connectivity index (χ2n) is 8.57. The molecule has 164 valence electrons. The van der Waals surface area contributed by atoms with Gasteiger partial charge in [0, 0.05) is 5.39 Å². The van der Waals surface area contributed by atoms with Gasteiger partial charge in [-0.25, -0.2) is 9.78 Å². The molecule has 0 saturated carbocycles. The van der Waals surface area contributed by atoms with E-state index in [4.69, 9.17) is 28.2 Å². The van der Waals surface area contributed by atoms with E-state index >= 15 is 0 Å². The van der Waals surface area contributed by atoms with Crippen LogP contribution in [0.25, 0.3) is 33.7 Å². The highest BCUT2D eigenvalue weighted by atomic mass is 35.5. The Bertz CT molecular complexity index is 1440. The molecule has 3 aromatic carbocycles. The van der Waals surface area contributed by atoms with Crippen molar-refractivity contribution in [2.24, 2.45) is 5.92 Å².